The van der Waals surface area contributed by atoms with Crippen LogP contribution in [0.25, 0.3) is 0 Å². The lowest BCUT2D eigenvalue weighted by Gasteiger charge is -2.38. The van der Waals surface area contributed by atoms with Crippen LogP contribution in [0.1, 0.15) is 36.6 Å². The van der Waals surface area contributed by atoms with Crippen molar-refractivity contribution in [1.29, 1.82) is 0 Å². The lowest BCUT2D eigenvalue weighted by molar-refractivity contribution is 0.288. The van der Waals surface area contributed by atoms with Gasteiger partial charge in [0, 0.05) is 35.5 Å². The molecule has 0 radical (unpaired) electrons. The molecule has 7 heteroatoms. The Kier molecular flexibility index (Phi) is 6.49. The predicted octanol–water partition coefficient (Wildman–Crippen LogP) is 3.96. The molecule has 1 fully saturated rings. The van der Waals surface area contributed by atoms with E-state index in [4.69, 9.17) is 18.9 Å². The summed E-state index contributed by atoms with van der Waals surface area (Å²) in [6.45, 7) is 2.03. The molecule has 3 atom stereocenters. The van der Waals surface area contributed by atoms with Gasteiger partial charge in [-0.25, -0.2) is 0 Å². The highest BCUT2D eigenvalue weighted by Crippen LogP contribution is 2.42. The first-order valence-corrected chi connectivity index (χ1v) is 9.47. The molecule has 3 rings (SSSR count). The predicted molar refractivity (Wildman–Crippen MR) is 111 cm³/mol. The number of piperidine rings is 1. The summed E-state index contributed by atoms with van der Waals surface area (Å²) in [6.07, 6.45) is 0.546. The smallest absolute Gasteiger partial charge is 0.123 e. The van der Waals surface area contributed by atoms with Crippen LogP contribution in [-0.2, 0) is 0 Å². The van der Waals surface area contributed by atoms with Gasteiger partial charge in [0.2, 0.25) is 0 Å². The van der Waals surface area contributed by atoms with Crippen molar-refractivity contribution < 1.29 is 24.2 Å². The Morgan fingerprint density at radius 2 is 1.41 bits per heavy atom. The Balaban J connectivity index is 2.07. The van der Waals surface area contributed by atoms with E-state index >= 15 is 0 Å². The van der Waals surface area contributed by atoms with Crippen molar-refractivity contribution in [3.8, 4) is 23.0 Å². The zero-order valence-electron chi connectivity index (χ0n) is 17.4. The van der Waals surface area contributed by atoms with Crippen LogP contribution < -0.4 is 24.3 Å². The van der Waals surface area contributed by atoms with Crippen LogP contribution in [0.15, 0.2) is 41.6 Å². The second kappa shape index (κ2) is 9.05. The van der Waals surface area contributed by atoms with Gasteiger partial charge in [-0.15, -0.1) is 0 Å². The molecule has 1 heterocycles. The fraction of sp³-hybridized carbons (Fsp3) is 0.409. The van der Waals surface area contributed by atoms with Crippen molar-refractivity contribution in [3.63, 3.8) is 0 Å². The quantitative estimate of drug-likeness (QED) is 0.564. The molecule has 2 aromatic carbocycles. The minimum atomic E-state index is -0.152. The molecule has 0 saturated carbocycles. The van der Waals surface area contributed by atoms with E-state index in [0.717, 1.165) is 34.1 Å². The van der Waals surface area contributed by atoms with Gasteiger partial charge in [0.25, 0.3) is 0 Å². The van der Waals surface area contributed by atoms with Crippen LogP contribution in [0.5, 0.6) is 23.0 Å². The van der Waals surface area contributed by atoms with E-state index in [9.17, 15) is 5.21 Å². The van der Waals surface area contributed by atoms with Gasteiger partial charge in [0.15, 0.2) is 0 Å². The molecule has 0 amide bonds. The monoisotopic (exact) mass is 400 g/mol. The molecule has 156 valence electrons. The van der Waals surface area contributed by atoms with E-state index < -0.39 is 0 Å². The molecule has 1 saturated heterocycles. The summed E-state index contributed by atoms with van der Waals surface area (Å²) < 4.78 is 22.0. The molecule has 0 spiro atoms. The maximum Gasteiger partial charge on any atom is 0.123 e. The standard InChI is InChI=1S/C22H28N2O5/c1-13-18(24-25)12-19(16-10-14(26-2)6-8-20(16)28-4)23-22(13)17-11-15(27-3)7-9-21(17)29-5/h6-11,13,19,22-23,25H,12H2,1-5H3/b24-18+/t13-,19-,22-/m0/s1. The average molecular weight is 400 g/mol. The maximum absolute atomic E-state index is 9.69. The Bertz CT molecular complexity index is 884. The maximum atomic E-state index is 9.69. The highest BCUT2D eigenvalue weighted by atomic mass is 16.5. The van der Waals surface area contributed by atoms with Gasteiger partial charge in [-0.05, 0) is 36.4 Å². The first-order chi connectivity index (χ1) is 14.1. The molecule has 2 N–H and O–H groups in total. The number of nitrogens with one attached hydrogen (secondary N) is 1. The summed E-state index contributed by atoms with van der Waals surface area (Å²) in [5.74, 6) is 2.91. The van der Waals surface area contributed by atoms with Crippen LogP contribution in [-0.4, -0.2) is 39.4 Å². The summed E-state index contributed by atoms with van der Waals surface area (Å²) in [4.78, 5) is 0. The summed E-state index contributed by atoms with van der Waals surface area (Å²) >= 11 is 0. The van der Waals surface area contributed by atoms with Crippen LogP contribution >= 0.6 is 0 Å². The van der Waals surface area contributed by atoms with Gasteiger partial charge >= 0.3 is 0 Å². The molecule has 2 aromatic rings. The van der Waals surface area contributed by atoms with E-state index in [1.54, 1.807) is 28.4 Å². The van der Waals surface area contributed by atoms with Crippen LogP contribution in [0.3, 0.4) is 0 Å². The topological polar surface area (TPSA) is 81.5 Å². The number of methoxy groups -OCH3 is 4. The van der Waals surface area contributed by atoms with Gasteiger partial charge in [0.05, 0.1) is 34.2 Å². The Hall–Kier alpha value is -2.93. The number of rotatable bonds is 6. The second-order valence-electron chi connectivity index (χ2n) is 7.00. The van der Waals surface area contributed by atoms with Crippen molar-refractivity contribution in [2.45, 2.75) is 25.4 Å². The van der Waals surface area contributed by atoms with E-state index in [-0.39, 0.29) is 18.0 Å². The zero-order valence-corrected chi connectivity index (χ0v) is 17.4. The van der Waals surface area contributed by atoms with Crippen molar-refractivity contribution in [2.24, 2.45) is 11.1 Å². The Labute approximate surface area is 171 Å². The molecule has 0 unspecified atom stereocenters. The van der Waals surface area contributed by atoms with Crippen molar-refractivity contribution >= 4 is 5.71 Å². The number of ether oxygens (including phenoxy) is 4. The SMILES string of the molecule is COc1ccc(OC)c([C@@H]2C/C(=N\O)[C@H](C)[C@@H](c3cc(OC)ccc3OC)N2)c1. The summed E-state index contributed by atoms with van der Waals surface area (Å²) in [6, 6.07) is 11.1. The summed E-state index contributed by atoms with van der Waals surface area (Å²) in [5, 5.41) is 17.0. The van der Waals surface area contributed by atoms with Crippen LogP contribution in [0.2, 0.25) is 0 Å². The Morgan fingerprint density at radius 3 is 1.93 bits per heavy atom. The van der Waals surface area contributed by atoms with E-state index in [2.05, 4.69) is 10.5 Å². The first-order valence-electron chi connectivity index (χ1n) is 9.47. The molecule has 7 nitrogen and oxygen atoms in total. The molecule has 0 bridgehead atoms. The number of nitrogens with zero attached hydrogens (tertiary/aromatic N) is 1. The number of hydrogen-bond donors (Lipinski definition) is 2. The summed E-state index contributed by atoms with van der Waals surface area (Å²) in [5.41, 5.74) is 2.58. The average Bonchev–Trinajstić information content (AvgIpc) is 2.78. The fourth-order valence-electron chi connectivity index (χ4n) is 3.89. The van der Waals surface area contributed by atoms with Crippen molar-refractivity contribution in [1.82, 2.24) is 5.32 Å². The molecule has 1 aliphatic heterocycles. The van der Waals surface area contributed by atoms with Crippen LogP contribution in [0.4, 0.5) is 0 Å². The van der Waals surface area contributed by atoms with Crippen molar-refractivity contribution in [3.05, 3.63) is 47.5 Å². The molecule has 29 heavy (non-hydrogen) atoms. The third-order valence-electron chi connectivity index (χ3n) is 5.53. The third kappa shape index (κ3) is 4.10. The molecular formula is C22H28N2O5. The van der Waals surface area contributed by atoms with Gasteiger partial charge in [-0.1, -0.05) is 12.1 Å². The highest BCUT2D eigenvalue weighted by molar-refractivity contribution is 5.88. The first kappa shape index (κ1) is 20.8. The van der Waals surface area contributed by atoms with Gasteiger partial charge < -0.3 is 29.5 Å². The fourth-order valence-corrected chi connectivity index (χ4v) is 3.89. The van der Waals surface area contributed by atoms with E-state index in [0.29, 0.717) is 12.1 Å². The van der Waals surface area contributed by atoms with E-state index in [1.807, 2.05) is 43.3 Å². The van der Waals surface area contributed by atoms with Crippen molar-refractivity contribution in [2.75, 3.05) is 28.4 Å². The van der Waals surface area contributed by atoms with Gasteiger partial charge in [-0.3, -0.25) is 0 Å². The molecule has 1 aliphatic rings. The normalized spacial score (nSPS) is 22.9. The number of hydrogen-bond acceptors (Lipinski definition) is 7. The molecular weight excluding hydrogens is 372 g/mol. The minimum Gasteiger partial charge on any atom is -0.497 e. The lowest BCUT2D eigenvalue weighted by atomic mass is 9.81. The largest absolute Gasteiger partial charge is 0.497 e. The second-order valence-corrected chi connectivity index (χ2v) is 7.00. The molecule has 0 aromatic heterocycles. The zero-order chi connectivity index (χ0) is 21.0. The number of benzene rings is 2. The van der Waals surface area contributed by atoms with Gasteiger partial charge in [-0.2, -0.15) is 0 Å². The number of oxime groups is 1. The van der Waals surface area contributed by atoms with Gasteiger partial charge in [0.1, 0.15) is 23.0 Å². The van der Waals surface area contributed by atoms with Crippen LogP contribution in [0, 0.1) is 5.92 Å². The highest BCUT2D eigenvalue weighted by Gasteiger charge is 2.36. The van der Waals surface area contributed by atoms with E-state index in [1.165, 1.54) is 0 Å². The Morgan fingerprint density at radius 1 is 0.862 bits per heavy atom. The summed E-state index contributed by atoms with van der Waals surface area (Å²) in [7, 11) is 6.54. The third-order valence-corrected chi connectivity index (χ3v) is 5.53. The minimum absolute atomic E-state index is 0.0474. The molecule has 0 aliphatic carbocycles. The lowest BCUT2D eigenvalue weighted by Crippen LogP contribution is -2.41.